The van der Waals surface area contributed by atoms with E-state index in [0.717, 1.165) is 72.5 Å². The fourth-order valence-corrected chi connectivity index (χ4v) is 17.1. The van der Waals surface area contributed by atoms with Crippen LogP contribution in [0.3, 0.4) is 0 Å². The second-order valence-corrected chi connectivity index (χ2v) is 29.5. The Morgan fingerprint density at radius 2 is 0.722 bits per heavy atom. The predicted octanol–water partition coefficient (Wildman–Crippen LogP) is 11.2. The summed E-state index contributed by atoms with van der Waals surface area (Å²) in [6.07, 6.45) is 0.796. The molecular formula is C73H61BrNO10Se5. The first-order valence-electron chi connectivity index (χ1n) is 27.6. The number of benzene rings is 10. The van der Waals surface area contributed by atoms with Crippen LogP contribution < -0.4 is 22.6 Å². The van der Waals surface area contributed by atoms with Crippen LogP contribution in [0.1, 0.15) is 96.3 Å². The zero-order valence-corrected chi connectivity index (χ0v) is 59.0. The number of carbonyl (C=O) groups excluding carboxylic acids is 1. The van der Waals surface area contributed by atoms with Gasteiger partial charge in [-0.1, -0.05) is 0 Å². The Kier molecular flexibility index (Phi) is 30.5. The van der Waals surface area contributed by atoms with Crippen LogP contribution in [-0.4, -0.2) is 132 Å². The van der Waals surface area contributed by atoms with E-state index in [1.807, 2.05) is 140 Å². The fraction of sp³-hybridized carbons (Fsp3) is 0.0959. The molecule has 0 aliphatic rings. The van der Waals surface area contributed by atoms with Crippen molar-refractivity contribution in [3.8, 4) is 11.8 Å². The number of halogens is 1. The molecule has 0 saturated carbocycles. The number of carboxylic acid groups (broad SMARTS) is 4. The zero-order chi connectivity index (χ0) is 64.6. The number of ether oxygens (including phenoxy) is 1. The molecule has 0 aliphatic carbocycles. The minimum atomic E-state index is -0.877. The molecule has 4 N–H and O–H groups in total. The molecule has 0 unspecified atom stereocenters. The molecule has 0 amide bonds. The number of nitriles is 1. The summed E-state index contributed by atoms with van der Waals surface area (Å²) in [7, 11) is 1.64. The average molecular weight is 1590 g/mol. The summed E-state index contributed by atoms with van der Waals surface area (Å²) < 4.78 is 9.90. The number of aryl methyl sites for hydroxylation is 1. The predicted molar refractivity (Wildman–Crippen MR) is 365 cm³/mol. The molecule has 1 radical (unpaired) electrons. The summed E-state index contributed by atoms with van der Waals surface area (Å²) in [5.74, 6) is -2.58. The number of nitrogens with zero attached hydrogens (tertiary/aromatic N) is 1. The molecule has 11 nitrogen and oxygen atoms in total. The maximum absolute atomic E-state index is 11.4. The van der Waals surface area contributed by atoms with E-state index in [2.05, 4.69) is 93.5 Å². The van der Waals surface area contributed by atoms with Crippen LogP contribution in [0.25, 0.3) is 0 Å². The molecule has 0 fully saturated rings. The first kappa shape index (κ1) is 71.2. The van der Waals surface area contributed by atoms with Gasteiger partial charge in [0.15, 0.2) is 0 Å². The average Bonchev–Trinajstić information content (AvgIpc) is 3.77. The summed E-state index contributed by atoms with van der Waals surface area (Å²) in [6.45, 7) is 2.06. The molecule has 17 heteroatoms. The van der Waals surface area contributed by atoms with E-state index in [0.29, 0.717) is 27.8 Å². The Balaban J connectivity index is 0.000000179. The van der Waals surface area contributed by atoms with Gasteiger partial charge in [0.2, 0.25) is 0 Å². The first-order valence-corrected chi connectivity index (χ1v) is 37.5. The molecule has 0 bridgehead atoms. The van der Waals surface area contributed by atoms with Crippen molar-refractivity contribution in [1.29, 1.82) is 5.26 Å². The zero-order valence-electron chi connectivity index (χ0n) is 48.8. The van der Waals surface area contributed by atoms with E-state index in [-0.39, 0.29) is 64.5 Å². The number of methoxy groups -OCH3 is 1. The molecule has 0 heterocycles. The molecule has 10 rings (SSSR count). The Bertz CT molecular complexity index is 3890. The van der Waals surface area contributed by atoms with Gasteiger partial charge in [0.1, 0.15) is 0 Å². The molecule has 0 aromatic heterocycles. The van der Waals surface area contributed by atoms with E-state index in [1.54, 1.807) is 67.8 Å². The number of hydrogen-bond acceptors (Lipinski definition) is 7. The van der Waals surface area contributed by atoms with Gasteiger partial charge in [0.25, 0.3) is 0 Å². The summed E-state index contributed by atoms with van der Waals surface area (Å²) in [4.78, 5) is 55.8. The third-order valence-electron chi connectivity index (χ3n) is 12.8. The van der Waals surface area contributed by atoms with Gasteiger partial charge < -0.3 is 0 Å². The normalized spacial score (nSPS) is 10.1. The molecule has 0 saturated heterocycles. The van der Waals surface area contributed by atoms with Gasteiger partial charge in [-0.2, -0.15) is 0 Å². The van der Waals surface area contributed by atoms with Gasteiger partial charge in [0, 0.05) is 0 Å². The van der Waals surface area contributed by atoms with Crippen LogP contribution in [0.15, 0.2) is 253 Å². The van der Waals surface area contributed by atoms with Gasteiger partial charge in [-0.05, 0) is 0 Å². The van der Waals surface area contributed by atoms with Crippen molar-refractivity contribution in [1.82, 2.24) is 0 Å². The molecule has 10 aromatic rings. The molecule has 0 spiro atoms. The Morgan fingerprint density at radius 1 is 0.411 bits per heavy atom. The third kappa shape index (κ3) is 24.5. The molecular weight excluding hydrogens is 1530 g/mol. The topological polar surface area (TPSA) is 199 Å². The second-order valence-electron chi connectivity index (χ2n) is 19.2. The summed E-state index contributed by atoms with van der Waals surface area (Å²) in [5, 5.41) is 48.7. The van der Waals surface area contributed by atoms with Gasteiger partial charge >= 0.3 is 572 Å². The van der Waals surface area contributed by atoms with E-state index >= 15 is 0 Å². The molecule has 0 atom stereocenters. The van der Waals surface area contributed by atoms with Crippen LogP contribution in [-0.2, 0) is 27.7 Å². The summed E-state index contributed by atoms with van der Waals surface area (Å²) in [6, 6.07) is 80.6. The van der Waals surface area contributed by atoms with Crippen LogP contribution in [0.2, 0.25) is 0 Å². The molecule has 0 aliphatic heterocycles. The summed E-state index contributed by atoms with van der Waals surface area (Å²) in [5.41, 5.74) is 11.4. The van der Waals surface area contributed by atoms with Crippen LogP contribution >= 0.6 is 15.9 Å². The fourth-order valence-electron chi connectivity index (χ4n) is 8.07. The van der Waals surface area contributed by atoms with Crippen molar-refractivity contribution < 1.29 is 49.1 Å². The Morgan fingerprint density at radius 3 is 1.07 bits per heavy atom. The van der Waals surface area contributed by atoms with Crippen LogP contribution in [0.4, 0.5) is 0 Å². The Hall–Kier alpha value is -7.88. The second kappa shape index (κ2) is 38.6. The van der Waals surface area contributed by atoms with Crippen LogP contribution in [0.5, 0.6) is 5.75 Å². The quantitative estimate of drug-likeness (QED) is 0.0530. The van der Waals surface area contributed by atoms with E-state index in [1.165, 1.54) is 27.8 Å². The third-order valence-corrected chi connectivity index (χ3v) is 23.4. The minimum absolute atomic E-state index is 0.00605. The summed E-state index contributed by atoms with van der Waals surface area (Å²) >= 11 is 6.43. The van der Waals surface area contributed by atoms with E-state index < -0.39 is 23.9 Å². The number of rotatable bonds is 20. The first-order chi connectivity index (χ1) is 43.5. The number of carbonyl (C=O) groups is 5. The van der Waals surface area contributed by atoms with Crippen molar-refractivity contribution in [2.75, 3.05) is 7.11 Å². The number of hydrogen-bond donors (Lipinski definition) is 4. The van der Waals surface area contributed by atoms with Gasteiger partial charge in [-0.25, -0.2) is 0 Å². The Labute approximate surface area is 566 Å². The van der Waals surface area contributed by atoms with Crippen molar-refractivity contribution in [2.24, 2.45) is 0 Å². The van der Waals surface area contributed by atoms with Crippen molar-refractivity contribution >= 4 is 138 Å². The van der Waals surface area contributed by atoms with E-state index in [4.69, 9.17) is 30.4 Å². The van der Waals surface area contributed by atoms with Crippen molar-refractivity contribution in [2.45, 2.75) is 34.6 Å². The van der Waals surface area contributed by atoms with Crippen LogP contribution in [0, 0.1) is 18.3 Å². The van der Waals surface area contributed by atoms with Gasteiger partial charge in [-0.15, -0.1) is 0 Å². The van der Waals surface area contributed by atoms with Crippen molar-refractivity contribution in [3.05, 3.63) is 326 Å². The molecule has 10 aromatic carbocycles. The van der Waals surface area contributed by atoms with Gasteiger partial charge in [-0.3, -0.25) is 0 Å². The van der Waals surface area contributed by atoms with Gasteiger partial charge in [0.05, 0.1) is 0 Å². The van der Waals surface area contributed by atoms with E-state index in [9.17, 15) is 24.0 Å². The van der Waals surface area contributed by atoms with Crippen molar-refractivity contribution in [3.63, 3.8) is 0 Å². The number of aromatic carboxylic acids is 4. The SMILES string of the molecule is COc1ccc(C[Se]c2ccccc2C(=O)O)cc1.Cc1ccc(C[Se]c2ccccc2C(=O)O)cc1.N#Cc1ccc(C[Se]c2ccccc2C(=O)O)cc1.O=C(O)c1ccccc1[Se]Cc1ccc(Br)cc1.O=C([Se])c1ccccc1Cc1ccccc1. The molecule has 455 valence electrons. The maximum atomic E-state index is 11.4. The monoisotopic (exact) mass is 1590 g/mol. The molecule has 90 heavy (non-hydrogen) atoms. The number of carboxylic acids is 4. The standard InChI is InChI=1S/C15H11NO2Se.C15H14O3Se.C15H14O2Se.C14H11BrO2Se.C14H11OSe/c16-9-11-5-7-12(8-6-11)10-19-14-4-2-1-3-13(14)15(17)18;1-18-12-8-6-11(7-9-12)10-19-14-5-3-2-4-13(14)15(16)17;1-11-6-8-12(9-7-11)10-18-14-5-3-2-4-13(14)15(16)17;15-11-7-5-10(6-8-11)9-18-13-4-2-1-3-12(13)14(16)17;15-14(16)13-9-5-4-8-12(13)10-11-6-2-1-3-7-11/h1-8H,10H2,(H,17,18);2-9H,10H2,1H3,(H,16,17);2-9H,10H2,1H3,(H,16,17);1-8H,9H2,(H,16,17);1-9H,10H2.